The third kappa shape index (κ3) is 2.26. The van der Waals surface area contributed by atoms with Crippen LogP contribution in [0.5, 0.6) is 0 Å². The molecular weight excluding hydrogens is 362 g/mol. The molecule has 2 aromatic heterocycles. The molecule has 0 saturated carbocycles. The lowest BCUT2D eigenvalue weighted by molar-refractivity contribution is 0.907. The van der Waals surface area contributed by atoms with Gasteiger partial charge >= 0.3 is 0 Å². The molecule has 2 heterocycles. The van der Waals surface area contributed by atoms with E-state index in [1.807, 2.05) is 13.0 Å². The third-order valence-electron chi connectivity index (χ3n) is 3.12. The number of hydrogen-bond donors (Lipinski definition) is 1. The first-order valence-corrected chi connectivity index (χ1v) is 8.67. The van der Waals surface area contributed by atoms with Crippen molar-refractivity contribution in [1.29, 1.82) is 0 Å². The predicted octanol–water partition coefficient (Wildman–Crippen LogP) is 5.74. The zero-order chi connectivity index (χ0) is 13.6. The number of thiophene rings is 2. The highest BCUT2D eigenvalue weighted by Gasteiger charge is 2.19. The Bertz CT molecular complexity index is 747. The van der Waals surface area contributed by atoms with Crippen LogP contribution in [0.3, 0.4) is 0 Å². The summed E-state index contributed by atoms with van der Waals surface area (Å²) in [6.07, 6.45) is 0. The first-order valence-electron chi connectivity index (χ1n) is 5.74. The van der Waals surface area contributed by atoms with Gasteiger partial charge in [-0.15, -0.1) is 22.7 Å². The first-order chi connectivity index (χ1) is 9.09. The minimum Gasteiger partial charge on any atom is -0.320 e. The first kappa shape index (κ1) is 13.6. The maximum Gasteiger partial charge on any atom is 0.0675 e. The highest BCUT2D eigenvalue weighted by Crippen LogP contribution is 2.40. The second-order valence-corrected chi connectivity index (χ2v) is 7.41. The SMILES string of the molecule is Cc1csc(C(N)c2csc3c(Br)cccc23)c1Cl. The molecule has 2 N–H and O–H groups in total. The Morgan fingerprint density at radius 2 is 2.05 bits per heavy atom. The molecule has 0 spiro atoms. The number of benzene rings is 1. The zero-order valence-electron chi connectivity index (χ0n) is 10.1. The van der Waals surface area contributed by atoms with Gasteiger partial charge in [0.05, 0.1) is 11.1 Å². The van der Waals surface area contributed by atoms with Crippen molar-refractivity contribution >= 4 is 60.3 Å². The van der Waals surface area contributed by atoms with E-state index < -0.39 is 0 Å². The minimum absolute atomic E-state index is 0.158. The molecule has 0 aliphatic heterocycles. The summed E-state index contributed by atoms with van der Waals surface area (Å²) in [7, 11) is 0. The Morgan fingerprint density at radius 3 is 2.74 bits per heavy atom. The second-order valence-electron chi connectivity index (χ2n) is 4.38. The van der Waals surface area contributed by atoms with Gasteiger partial charge in [0.2, 0.25) is 0 Å². The Balaban J connectivity index is 2.14. The summed E-state index contributed by atoms with van der Waals surface area (Å²) in [5.41, 5.74) is 8.65. The van der Waals surface area contributed by atoms with Gasteiger partial charge in [0, 0.05) is 14.0 Å². The van der Waals surface area contributed by atoms with E-state index in [1.165, 1.54) is 10.1 Å². The normalized spacial score (nSPS) is 13.1. The monoisotopic (exact) mass is 371 g/mol. The standard InChI is InChI=1S/C14H11BrClNS2/c1-7-5-18-14(11(7)16)12(17)9-6-19-13-8(9)3-2-4-10(13)15/h2-6,12H,17H2,1H3. The molecule has 19 heavy (non-hydrogen) atoms. The van der Waals surface area contributed by atoms with Crippen LogP contribution in [0.2, 0.25) is 5.02 Å². The van der Waals surface area contributed by atoms with Crippen LogP contribution in [0.25, 0.3) is 10.1 Å². The average molecular weight is 373 g/mol. The number of hydrogen-bond acceptors (Lipinski definition) is 3. The Labute approximate surface area is 133 Å². The van der Waals surface area contributed by atoms with E-state index in [2.05, 4.69) is 38.8 Å². The van der Waals surface area contributed by atoms with Crippen LogP contribution in [0.1, 0.15) is 22.0 Å². The van der Waals surface area contributed by atoms with Crippen LogP contribution in [0.4, 0.5) is 0 Å². The summed E-state index contributed by atoms with van der Waals surface area (Å²) in [4.78, 5) is 1.04. The fourth-order valence-corrected chi connectivity index (χ4v) is 5.07. The van der Waals surface area contributed by atoms with E-state index in [-0.39, 0.29) is 6.04 Å². The average Bonchev–Trinajstić information content (AvgIpc) is 2.96. The highest BCUT2D eigenvalue weighted by molar-refractivity contribution is 9.10. The summed E-state index contributed by atoms with van der Waals surface area (Å²) in [5, 5.41) is 6.19. The summed E-state index contributed by atoms with van der Waals surface area (Å²) in [6, 6.07) is 6.04. The quantitative estimate of drug-likeness (QED) is 0.610. The number of halogens is 2. The lowest BCUT2D eigenvalue weighted by Crippen LogP contribution is -2.10. The fourth-order valence-electron chi connectivity index (χ4n) is 2.08. The molecule has 0 saturated heterocycles. The van der Waals surface area contributed by atoms with Crippen molar-refractivity contribution in [2.75, 3.05) is 0 Å². The Kier molecular flexibility index (Phi) is 3.71. The van der Waals surface area contributed by atoms with E-state index in [0.29, 0.717) is 0 Å². The minimum atomic E-state index is -0.158. The number of nitrogens with two attached hydrogens (primary N) is 1. The van der Waals surface area contributed by atoms with Crippen molar-refractivity contribution in [2.24, 2.45) is 5.73 Å². The third-order valence-corrected chi connectivity index (χ3v) is 6.89. The van der Waals surface area contributed by atoms with Gasteiger partial charge in [-0.2, -0.15) is 0 Å². The van der Waals surface area contributed by atoms with Crippen LogP contribution >= 0.6 is 50.2 Å². The molecule has 1 aromatic carbocycles. The van der Waals surface area contributed by atoms with Crippen molar-refractivity contribution in [3.05, 3.63) is 54.5 Å². The largest absolute Gasteiger partial charge is 0.320 e. The number of fused-ring (bicyclic) bond motifs is 1. The number of aryl methyl sites for hydroxylation is 1. The van der Waals surface area contributed by atoms with Crippen LogP contribution in [-0.2, 0) is 0 Å². The van der Waals surface area contributed by atoms with E-state index in [1.54, 1.807) is 22.7 Å². The summed E-state index contributed by atoms with van der Waals surface area (Å²) < 4.78 is 2.35. The molecule has 3 aromatic rings. The molecule has 0 aliphatic carbocycles. The van der Waals surface area contributed by atoms with Gasteiger partial charge in [-0.25, -0.2) is 0 Å². The van der Waals surface area contributed by atoms with Gasteiger partial charge in [-0.1, -0.05) is 23.7 Å². The molecule has 0 bridgehead atoms. The summed E-state index contributed by atoms with van der Waals surface area (Å²) in [5.74, 6) is 0. The van der Waals surface area contributed by atoms with Crippen LogP contribution in [0.15, 0.2) is 33.4 Å². The summed E-state index contributed by atoms with van der Waals surface area (Å²) in [6.45, 7) is 2.01. The lowest BCUT2D eigenvalue weighted by Gasteiger charge is -2.10. The zero-order valence-corrected chi connectivity index (χ0v) is 14.1. The van der Waals surface area contributed by atoms with Gasteiger partial charge in [0.15, 0.2) is 0 Å². The van der Waals surface area contributed by atoms with Gasteiger partial charge in [0.25, 0.3) is 0 Å². The maximum atomic E-state index is 6.41. The van der Waals surface area contributed by atoms with Gasteiger partial charge in [-0.3, -0.25) is 0 Å². The van der Waals surface area contributed by atoms with Gasteiger partial charge < -0.3 is 5.73 Å². The van der Waals surface area contributed by atoms with Gasteiger partial charge in [-0.05, 0) is 56.2 Å². The van der Waals surface area contributed by atoms with Crippen molar-refractivity contribution in [2.45, 2.75) is 13.0 Å². The molecule has 1 unspecified atom stereocenters. The predicted molar refractivity (Wildman–Crippen MR) is 89.6 cm³/mol. The Hall–Kier alpha value is -0.390. The molecule has 0 aliphatic rings. The molecule has 0 amide bonds. The van der Waals surface area contributed by atoms with Crippen molar-refractivity contribution in [3.63, 3.8) is 0 Å². The van der Waals surface area contributed by atoms with E-state index in [4.69, 9.17) is 17.3 Å². The molecular formula is C14H11BrClNS2. The number of rotatable bonds is 2. The molecule has 1 atom stereocenters. The van der Waals surface area contributed by atoms with E-state index in [9.17, 15) is 0 Å². The summed E-state index contributed by atoms with van der Waals surface area (Å²) >= 11 is 13.2. The molecule has 1 nitrogen and oxygen atoms in total. The molecule has 0 fully saturated rings. The molecule has 0 radical (unpaired) electrons. The smallest absolute Gasteiger partial charge is 0.0675 e. The van der Waals surface area contributed by atoms with Crippen molar-refractivity contribution in [3.8, 4) is 0 Å². The Morgan fingerprint density at radius 1 is 1.26 bits per heavy atom. The maximum absolute atomic E-state index is 6.41. The molecule has 3 rings (SSSR count). The van der Waals surface area contributed by atoms with Crippen LogP contribution in [-0.4, -0.2) is 0 Å². The van der Waals surface area contributed by atoms with E-state index in [0.717, 1.165) is 25.5 Å². The highest BCUT2D eigenvalue weighted by atomic mass is 79.9. The van der Waals surface area contributed by atoms with Crippen molar-refractivity contribution < 1.29 is 0 Å². The van der Waals surface area contributed by atoms with Gasteiger partial charge in [0.1, 0.15) is 0 Å². The van der Waals surface area contributed by atoms with Crippen LogP contribution < -0.4 is 5.73 Å². The second kappa shape index (κ2) is 5.19. The lowest BCUT2D eigenvalue weighted by atomic mass is 10.0. The van der Waals surface area contributed by atoms with Crippen LogP contribution in [0, 0.1) is 6.92 Å². The van der Waals surface area contributed by atoms with Crippen molar-refractivity contribution in [1.82, 2.24) is 0 Å². The molecule has 98 valence electrons. The molecule has 5 heteroatoms. The van der Waals surface area contributed by atoms with E-state index >= 15 is 0 Å². The fraction of sp³-hybridized carbons (Fsp3) is 0.143. The topological polar surface area (TPSA) is 26.0 Å².